The minimum Gasteiger partial charge on any atom is -0.480 e. The van der Waals surface area contributed by atoms with Gasteiger partial charge in [-0.15, -0.1) is 22.7 Å². The predicted molar refractivity (Wildman–Crippen MR) is 83.4 cm³/mol. The normalized spacial score (nSPS) is 10.7. The van der Waals surface area contributed by atoms with Gasteiger partial charge in [-0.2, -0.15) is 0 Å². The zero-order chi connectivity index (χ0) is 15.1. The van der Waals surface area contributed by atoms with Crippen molar-refractivity contribution in [2.75, 3.05) is 13.1 Å². The first-order chi connectivity index (χ1) is 10.1. The molecule has 0 saturated heterocycles. The number of hydrogen-bond acceptors (Lipinski definition) is 5. The van der Waals surface area contributed by atoms with Gasteiger partial charge in [0.1, 0.15) is 6.54 Å². The molecule has 0 atom stereocenters. The van der Waals surface area contributed by atoms with Gasteiger partial charge in [0.15, 0.2) is 0 Å². The lowest BCUT2D eigenvalue weighted by molar-refractivity contribution is -0.138. The summed E-state index contributed by atoms with van der Waals surface area (Å²) in [6, 6.07) is 8.02. The van der Waals surface area contributed by atoms with Crippen LogP contribution in [0.5, 0.6) is 0 Å². The van der Waals surface area contributed by atoms with Crippen LogP contribution in [0.4, 0.5) is 0 Å². The predicted octanol–water partition coefficient (Wildman–Crippen LogP) is 2.01. The van der Waals surface area contributed by atoms with Crippen LogP contribution in [0.2, 0.25) is 0 Å². The fraction of sp³-hybridized carbons (Fsp3) is 0.286. The van der Waals surface area contributed by atoms with Crippen molar-refractivity contribution in [2.45, 2.75) is 13.1 Å². The summed E-state index contributed by atoms with van der Waals surface area (Å²) in [7, 11) is 0. The SMILES string of the molecule is O=C(O)CNC(=O)CN(Cc1cccs1)Cc1cccs1. The smallest absolute Gasteiger partial charge is 0.322 e. The highest BCUT2D eigenvalue weighted by molar-refractivity contribution is 7.10. The molecule has 0 unspecified atom stereocenters. The summed E-state index contributed by atoms with van der Waals surface area (Å²) in [6.45, 7) is 1.19. The summed E-state index contributed by atoms with van der Waals surface area (Å²) in [5.74, 6) is -1.31. The molecule has 0 saturated carbocycles. The largest absolute Gasteiger partial charge is 0.480 e. The molecule has 0 aliphatic heterocycles. The maximum Gasteiger partial charge on any atom is 0.322 e. The molecule has 0 aliphatic carbocycles. The van der Waals surface area contributed by atoms with Gasteiger partial charge in [-0.05, 0) is 22.9 Å². The van der Waals surface area contributed by atoms with Crippen LogP contribution < -0.4 is 5.32 Å². The Bertz CT molecular complexity index is 531. The van der Waals surface area contributed by atoms with Gasteiger partial charge < -0.3 is 10.4 Å². The number of carboxylic acid groups (broad SMARTS) is 1. The van der Waals surface area contributed by atoms with E-state index in [0.717, 1.165) is 0 Å². The van der Waals surface area contributed by atoms with Crippen LogP contribution in [0.3, 0.4) is 0 Å². The van der Waals surface area contributed by atoms with Crippen LogP contribution in [-0.2, 0) is 22.7 Å². The van der Waals surface area contributed by atoms with Crippen molar-refractivity contribution in [3.8, 4) is 0 Å². The summed E-state index contributed by atoms with van der Waals surface area (Å²) >= 11 is 3.29. The molecule has 112 valence electrons. The molecule has 0 aromatic carbocycles. The molecule has 0 radical (unpaired) electrons. The van der Waals surface area contributed by atoms with Crippen LogP contribution in [0.1, 0.15) is 9.75 Å². The molecule has 2 aromatic heterocycles. The molecule has 1 amide bonds. The first-order valence-electron chi connectivity index (χ1n) is 6.39. The molecule has 2 N–H and O–H groups in total. The van der Waals surface area contributed by atoms with Gasteiger partial charge in [-0.3, -0.25) is 14.5 Å². The van der Waals surface area contributed by atoms with E-state index in [1.807, 2.05) is 39.9 Å². The topological polar surface area (TPSA) is 69.6 Å². The average Bonchev–Trinajstić information content (AvgIpc) is 3.10. The fourth-order valence-electron chi connectivity index (χ4n) is 1.85. The summed E-state index contributed by atoms with van der Waals surface area (Å²) in [4.78, 5) is 26.6. The second-order valence-electron chi connectivity index (χ2n) is 4.47. The van der Waals surface area contributed by atoms with Crippen LogP contribution in [0.15, 0.2) is 35.0 Å². The zero-order valence-corrected chi connectivity index (χ0v) is 13.0. The second kappa shape index (κ2) is 7.92. The van der Waals surface area contributed by atoms with Crippen molar-refractivity contribution < 1.29 is 14.7 Å². The Kier molecular flexibility index (Phi) is 5.91. The minimum absolute atomic E-state index is 0.184. The third-order valence-corrected chi connectivity index (χ3v) is 4.45. The Morgan fingerprint density at radius 1 is 1.10 bits per heavy atom. The third kappa shape index (κ3) is 5.66. The number of carboxylic acids is 1. The van der Waals surface area contributed by atoms with Crippen molar-refractivity contribution in [1.82, 2.24) is 10.2 Å². The number of hydrogen-bond donors (Lipinski definition) is 2. The fourth-order valence-corrected chi connectivity index (χ4v) is 3.34. The quantitative estimate of drug-likeness (QED) is 0.779. The van der Waals surface area contributed by atoms with Crippen LogP contribution >= 0.6 is 22.7 Å². The highest BCUT2D eigenvalue weighted by Gasteiger charge is 2.13. The Morgan fingerprint density at radius 3 is 2.10 bits per heavy atom. The zero-order valence-electron chi connectivity index (χ0n) is 11.3. The first kappa shape index (κ1) is 15.7. The van der Waals surface area contributed by atoms with E-state index in [9.17, 15) is 9.59 Å². The molecule has 2 aromatic rings. The number of aliphatic carboxylic acids is 1. The molecular weight excluding hydrogens is 308 g/mol. The van der Waals surface area contributed by atoms with Gasteiger partial charge in [0.2, 0.25) is 5.91 Å². The highest BCUT2D eigenvalue weighted by atomic mass is 32.1. The Morgan fingerprint density at radius 2 is 1.67 bits per heavy atom. The number of nitrogens with zero attached hydrogens (tertiary/aromatic N) is 1. The molecule has 5 nitrogen and oxygen atoms in total. The minimum atomic E-state index is -1.04. The van der Waals surface area contributed by atoms with Crippen LogP contribution in [0.25, 0.3) is 0 Å². The lowest BCUT2D eigenvalue weighted by Gasteiger charge is -2.20. The number of nitrogens with one attached hydrogen (secondary N) is 1. The van der Waals surface area contributed by atoms with E-state index in [1.54, 1.807) is 22.7 Å². The van der Waals surface area contributed by atoms with Gasteiger partial charge in [-0.25, -0.2) is 0 Å². The number of amides is 1. The second-order valence-corrected chi connectivity index (χ2v) is 6.54. The van der Waals surface area contributed by atoms with E-state index in [-0.39, 0.29) is 19.0 Å². The lowest BCUT2D eigenvalue weighted by atomic mass is 10.3. The van der Waals surface area contributed by atoms with E-state index in [0.29, 0.717) is 13.1 Å². The van der Waals surface area contributed by atoms with E-state index < -0.39 is 5.97 Å². The van der Waals surface area contributed by atoms with Gasteiger partial charge in [-0.1, -0.05) is 12.1 Å². The molecule has 2 heterocycles. The molecule has 7 heteroatoms. The maximum absolute atomic E-state index is 11.8. The Labute approximate surface area is 130 Å². The Balaban J connectivity index is 1.94. The van der Waals surface area contributed by atoms with Crippen molar-refractivity contribution in [2.24, 2.45) is 0 Å². The van der Waals surface area contributed by atoms with E-state index in [2.05, 4.69) is 5.32 Å². The van der Waals surface area contributed by atoms with E-state index in [4.69, 9.17) is 5.11 Å². The van der Waals surface area contributed by atoms with Gasteiger partial charge >= 0.3 is 5.97 Å². The van der Waals surface area contributed by atoms with E-state index >= 15 is 0 Å². The lowest BCUT2D eigenvalue weighted by Crippen LogP contribution is -2.38. The highest BCUT2D eigenvalue weighted by Crippen LogP contribution is 2.16. The summed E-state index contributed by atoms with van der Waals surface area (Å²) in [5, 5.41) is 15.0. The average molecular weight is 324 g/mol. The summed E-state index contributed by atoms with van der Waals surface area (Å²) < 4.78 is 0. The summed E-state index contributed by atoms with van der Waals surface area (Å²) in [5.41, 5.74) is 0. The number of carbonyl (C=O) groups is 2. The van der Waals surface area contributed by atoms with E-state index in [1.165, 1.54) is 9.75 Å². The van der Waals surface area contributed by atoms with Crippen molar-refractivity contribution in [1.29, 1.82) is 0 Å². The van der Waals surface area contributed by atoms with Gasteiger partial charge in [0.05, 0.1) is 6.54 Å². The molecule has 0 bridgehead atoms. The standard InChI is InChI=1S/C14H16N2O3S2/c17-13(15-7-14(18)19)10-16(8-11-3-1-5-20-11)9-12-4-2-6-21-12/h1-6H,7-10H2,(H,15,17)(H,18,19). The third-order valence-electron chi connectivity index (χ3n) is 2.72. The summed E-state index contributed by atoms with van der Waals surface area (Å²) in [6.07, 6.45) is 0. The molecule has 2 rings (SSSR count). The van der Waals surface area contributed by atoms with Crippen LogP contribution in [-0.4, -0.2) is 35.0 Å². The van der Waals surface area contributed by atoms with Gasteiger partial charge in [0.25, 0.3) is 0 Å². The molecule has 0 spiro atoms. The van der Waals surface area contributed by atoms with Gasteiger partial charge in [0, 0.05) is 22.8 Å². The van der Waals surface area contributed by atoms with Crippen LogP contribution in [0, 0.1) is 0 Å². The monoisotopic (exact) mass is 324 g/mol. The first-order valence-corrected chi connectivity index (χ1v) is 8.15. The molecular formula is C14H16N2O3S2. The number of carbonyl (C=O) groups excluding carboxylic acids is 1. The molecule has 0 fully saturated rings. The Hall–Kier alpha value is -1.70. The molecule has 21 heavy (non-hydrogen) atoms. The van der Waals surface area contributed by atoms with Crippen molar-refractivity contribution in [3.05, 3.63) is 44.8 Å². The van der Waals surface area contributed by atoms with Crippen molar-refractivity contribution in [3.63, 3.8) is 0 Å². The number of thiophene rings is 2. The molecule has 0 aliphatic rings. The number of rotatable bonds is 8. The maximum atomic E-state index is 11.8. The van der Waals surface area contributed by atoms with Crippen molar-refractivity contribution >= 4 is 34.6 Å².